The number of hydrogen-bond acceptors (Lipinski definition) is 2. The van der Waals surface area contributed by atoms with E-state index in [1.165, 1.54) is 0 Å². The summed E-state index contributed by atoms with van der Waals surface area (Å²) in [6.45, 7) is -1.10. The van der Waals surface area contributed by atoms with E-state index in [1.807, 2.05) is 0 Å². The highest BCUT2D eigenvalue weighted by Gasteiger charge is 2.27. The fourth-order valence-corrected chi connectivity index (χ4v) is 1.44. The molecule has 0 unspecified atom stereocenters. The minimum absolute atomic E-state index is 0.0883. The Bertz CT molecular complexity index is 256. The van der Waals surface area contributed by atoms with Gasteiger partial charge in [0.2, 0.25) is 0 Å². The van der Waals surface area contributed by atoms with Gasteiger partial charge in [-0.05, 0) is 25.3 Å². The van der Waals surface area contributed by atoms with Crippen molar-refractivity contribution in [2.75, 3.05) is 13.2 Å². The van der Waals surface area contributed by atoms with Crippen LogP contribution in [0.3, 0.4) is 0 Å². The van der Waals surface area contributed by atoms with E-state index in [2.05, 4.69) is 4.74 Å². The Kier molecular flexibility index (Phi) is 4.32. The van der Waals surface area contributed by atoms with Gasteiger partial charge in [-0.3, -0.25) is 4.79 Å². The lowest BCUT2D eigenvalue weighted by molar-refractivity contribution is -0.174. The summed E-state index contributed by atoms with van der Waals surface area (Å²) in [7, 11) is 0. The molecule has 0 aromatic carbocycles. The molecule has 5 heteroatoms. The monoisotopic (exact) mass is 222 g/mol. The van der Waals surface area contributed by atoms with Crippen LogP contribution in [-0.2, 0) is 9.53 Å². The highest BCUT2D eigenvalue weighted by molar-refractivity contribution is 5.92. The molecule has 1 rings (SSSR count). The Morgan fingerprint density at radius 2 is 2.07 bits per heavy atom. The maximum Gasteiger partial charge on any atom is 0.411 e. The summed E-state index contributed by atoms with van der Waals surface area (Å²) < 4.78 is 39.4. The zero-order valence-corrected chi connectivity index (χ0v) is 8.27. The summed E-state index contributed by atoms with van der Waals surface area (Å²) in [6, 6.07) is 0. The summed E-state index contributed by atoms with van der Waals surface area (Å²) in [4.78, 5) is 10.8. The van der Waals surface area contributed by atoms with E-state index in [1.54, 1.807) is 6.08 Å². The molecule has 0 amide bonds. The van der Waals surface area contributed by atoms with Crippen LogP contribution in [-0.4, -0.2) is 25.2 Å². The minimum Gasteiger partial charge on any atom is -0.372 e. The van der Waals surface area contributed by atoms with Crippen molar-refractivity contribution in [1.82, 2.24) is 0 Å². The quantitative estimate of drug-likeness (QED) is 0.668. The zero-order valence-electron chi connectivity index (χ0n) is 8.27. The fourth-order valence-electron chi connectivity index (χ4n) is 1.44. The third kappa shape index (κ3) is 5.57. The first kappa shape index (κ1) is 12.2. The predicted molar refractivity (Wildman–Crippen MR) is 48.4 cm³/mol. The number of alkyl halides is 3. The molecule has 2 nitrogen and oxygen atoms in total. The Morgan fingerprint density at radius 1 is 1.33 bits per heavy atom. The molecule has 86 valence electrons. The van der Waals surface area contributed by atoms with Crippen molar-refractivity contribution in [1.29, 1.82) is 0 Å². The van der Waals surface area contributed by atoms with Gasteiger partial charge >= 0.3 is 6.18 Å². The molecule has 0 aliphatic heterocycles. The maximum atomic E-state index is 11.7. The second kappa shape index (κ2) is 5.30. The van der Waals surface area contributed by atoms with Crippen molar-refractivity contribution in [3.05, 3.63) is 11.6 Å². The van der Waals surface area contributed by atoms with Crippen LogP contribution in [0.25, 0.3) is 0 Å². The molecule has 0 atom stereocenters. The SMILES string of the molecule is O=C1C=C(CCCOCC(F)(F)F)CC1. The fraction of sp³-hybridized carbons (Fsp3) is 0.700. The first-order valence-corrected chi connectivity index (χ1v) is 4.84. The van der Waals surface area contributed by atoms with E-state index in [0.717, 1.165) is 12.0 Å². The van der Waals surface area contributed by atoms with Crippen LogP contribution in [0.15, 0.2) is 11.6 Å². The summed E-state index contributed by atoms with van der Waals surface area (Å²) in [5, 5.41) is 0. The summed E-state index contributed by atoms with van der Waals surface area (Å²) in [5.41, 5.74) is 1.02. The standard InChI is InChI=1S/C10H13F3O2/c11-10(12,13)7-15-5-1-2-8-3-4-9(14)6-8/h6H,1-5,7H2. The van der Waals surface area contributed by atoms with Gasteiger partial charge in [0.25, 0.3) is 0 Å². The molecule has 0 fully saturated rings. The lowest BCUT2D eigenvalue weighted by atomic mass is 10.1. The summed E-state index contributed by atoms with van der Waals surface area (Å²) in [5.74, 6) is 0.112. The van der Waals surface area contributed by atoms with Crippen molar-refractivity contribution in [3.63, 3.8) is 0 Å². The molecular formula is C10H13F3O2. The summed E-state index contributed by atoms with van der Waals surface area (Å²) in [6.07, 6.45) is -0.179. The number of hydrogen-bond donors (Lipinski definition) is 0. The van der Waals surface area contributed by atoms with Gasteiger partial charge in [0.05, 0.1) is 0 Å². The van der Waals surface area contributed by atoms with Gasteiger partial charge in [0, 0.05) is 13.0 Å². The molecule has 1 aliphatic rings. The Hall–Kier alpha value is -0.840. The number of ether oxygens (including phenoxy) is 1. The van der Waals surface area contributed by atoms with Gasteiger partial charge in [0.1, 0.15) is 6.61 Å². The average Bonchev–Trinajstić information content (AvgIpc) is 2.49. The van der Waals surface area contributed by atoms with E-state index in [0.29, 0.717) is 19.3 Å². The van der Waals surface area contributed by atoms with Gasteiger partial charge in [-0.15, -0.1) is 0 Å². The molecule has 0 bridgehead atoms. The lowest BCUT2D eigenvalue weighted by Gasteiger charge is -2.07. The van der Waals surface area contributed by atoms with Gasteiger partial charge in [0.15, 0.2) is 5.78 Å². The number of ketones is 1. The lowest BCUT2D eigenvalue weighted by Crippen LogP contribution is -2.17. The van der Waals surface area contributed by atoms with E-state index < -0.39 is 12.8 Å². The topological polar surface area (TPSA) is 26.3 Å². The van der Waals surface area contributed by atoms with E-state index in [9.17, 15) is 18.0 Å². The third-order valence-corrected chi connectivity index (χ3v) is 2.11. The van der Waals surface area contributed by atoms with E-state index >= 15 is 0 Å². The molecule has 1 aliphatic carbocycles. The van der Waals surface area contributed by atoms with Crippen molar-refractivity contribution in [3.8, 4) is 0 Å². The molecule has 0 saturated carbocycles. The maximum absolute atomic E-state index is 11.7. The normalized spacial score (nSPS) is 17.0. The molecule has 0 spiro atoms. The highest BCUT2D eigenvalue weighted by Crippen LogP contribution is 2.20. The average molecular weight is 222 g/mol. The molecular weight excluding hydrogens is 209 g/mol. The van der Waals surface area contributed by atoms with Crippen LogP contribution in [0.1, 0.15) is 25.7 Å². The van der Waals surface area contributed by atoms with E-state index in [-0.39, 0.29) is 12.4 Å². The highest BCUT2D eigenvalue weighted by atomic mass is 19.4. The Morgan fingerprint density at radius 3 is 2.60 bits per heavy atom. The second-order valence-electron chi connectivity index (χ2n) is 3.54. The van der Waals surface area contributed by atoms with Crippen LogP contribution < -0.4 is 0 Å². The van der Waals surface area contributed by atoms with Crippen LogP contribution in [0.5, 0.6) is 0 Å². The van der Waals surface area contributed by atoms with Crippen molar-refractivity contribution < 1.29 is 22.7 Å². The van der Waals surface area contributed by atoms with Crippen molar-refractivity contribution in [2.24, 2.45) is 0 Å². The molecule has 0 heterocycles. The molecule has 0 N–H and O–H groups in total. The molecule has 0 saturated heterocycles. The van der Waals surface area contributed by atoms with Gasteiger partial charge in [-0.2, -0.15) is 13.2 Å². The number of carbonyl (C=O) groups is 1. The Balaban J connectivity index is 2.03. The molecule has 15 heavy (non-hydrogen) atoms. The first-order valence-electron chi connectivity index (χ1n) is 4.84. The summed E-state index contributed by atoms with van der Waals surface area (Å²) >= 11 is 0. The molecule has 0 aromatic heterocycles. The first-order chi connectivity index (χ1) is 6.97. The number of allylic oxidation sites excluding steroid dienone is 2. The van der Waals surface area contributed by atoms with Crippen LogP contribution >= 0.6 is 0 Å². The second-order valence-corrected chi connectivity index (χ2v) is 3.54. The van der Waals surface area contributed by atoms with Crippen molar-refractivity contribution in [2.45, 2.75) is 31.9 Å². The smallest absolute Gasteiger partial charge is 0.372 e. The number of halogens is 3. The number of rotatable bonds is 5. The predicted octanol–water partition coefficient (Wildman–Crippen LogP) is 2.63. The molecule has 0 radical (unpaired) electrons. The van der Waals surface area contributed by atoms with Gasteiger partial charge < -0.3 is 4.74 Å². The third-order valence-electron chi connectivity index (χ3n) is 2.11. The van der Waals surface area contributed by atoms with E-state index in [4.69, 9.17) is 0 Å². The Labute approximate surface area is 86.1 Å². The van der Waals surface area contributed by atoms with Crippen molar-refractivity contribution >= 4 is 5.78 Å². The minimum atomic E-state index is -4.25. The van der Waals surface area contributed by atoms with Crippen LogP contribution in [0.4, 0.5) is 13.2 Å². The zero-order chi connectivity index (χ0) is 11.3. The van der Waals surface area contributed by atoms with Crippen LogP contribution in [0, 0.1) is 0 Å². The number of carbonyl (C=O) groups excluding carboxylic acids is 1. The largest absolute Gasteiger partial charge is 0.411 e. The molecule has 0 aromatic rings. The van der Waals surface area contributed by atoms with Crippen LogP contribution in [0.2, 0.25) is 0 Å². The van der Waals surface area contributed by atoms with Gasteiger partial charge in [-0.25, -0.2) is 0 Å². The van der Waals surface area contributed by atoms with Gasteiger partial charge in [-0.1, -0.05) is 5.57 Å².